The summed E-state index contributed by atoms with van der Waals surface area (Å²) in [6, 6.07) is 63.1. The Morgan fingerprint density at radius 1 is 0.436 bits per heavy atom. The average molecular weight is 723 g/mol. The molecule has 0 unspecified atom stereocenters. The van der Waals surface area contributed by atoms with Crippen LogP contribution in [0.15, 0.2) is 170 Å². The van der Waals surface area contributed by atoms with E-state index in [1.165, 1.54) is 109 Å². The molecular formula is C52H38N2S. The Labute approximate surface area is 324 Å². The van der Waals surface area contributed by atoms with Gasteiger partial charge in [-0.05, 0) is 113 Å². The maximum absolute atomic E-state index is 2.47. The molecule has 0 amide bonds. The van der Waals surface area contributed by atoms with Gasteiger partial charge in [-0.2, -0.15) is 0 Å². The Bertz CT molecular complexity index is 3310. The summed E-state index contributed by atoms with van der Waals surface area (Å²) in [6.07, 6.45) is 0. The van der Waals surface area contributed by atoms with Gasteiger partial charge in [0.25, 0.3) is 0 Å². The topological polar surface area (TPSA) is 9.86 Å². The summed E-state index contributed by atoms with van der Waals surface area (Å²) >= 11 is 1.87. The van der Waals surface area contributed by atoms with Crippen LogP contribution in [0.3, 0.4) is 0 Å². The minimum Gasteiger partial charge on any atom is -0.309 e. The van der Waals surface area contributed by atoms with Crippen LogP contribution in [0.4, 0.5) is 0 Å². The second-order valence-electron chi connectivity index (χ2n) is 15.2. The van der Waals surface area contributed by atoms with Crippen molar-refractivity contribution in [2.24, 2.45) is 0 Å². The molecule has 8 aromatic carbocycles. The van der Waals surface area contributed by atoms with Gasteiger partial charge in [-0.3, -0.25) is 0 Å². The summed E-state index contributed by atoms with van der Waals surface area (Å²) in [4.78, 5) is 0. The first-order valence-electron chi connectivity index (χ1n) is 19.2. The fourth-order valence-corrected chi connectivity index (χ4v) is 10.2. The first kappa shape index (κ1) is 32.0. The van der Waals surface area contributed by atoms with Gasteiger partial charge in [0.05, 0.1) is 27.8 Å². The highest BCUT2D eigenvalue weighted by molar-refractivity contribution is 7.25. The normalized spacial score (nSPS) is 12.1. The predicted octanol–water partition coefficient (Wildman–Crippen LogP) is 15.0. The average Bonchev–Trinajstić information content (AvgIpc) is 3.88. The van der Waals surface area contributed by atoms with Crippen molar-refractivity contribution in [2.45, 2.75) is 26.7 Å². The van der Waals surface area contributed by atoms with E-state index in [0.717, 1.165) is 0 Å². The van der Waals surface area contributed by atoms with Gasteiger partial charge in [0.15, 0.2) is 0 Å². The van der Waals surface area contributed by atoms with Gasteiger partial charge >= 0.3 is 0 Å². The molecule has 11 aromatic rings. The van der Waals surface area contributed by atoms with Crippen LogP contribution in [-0.4, -0.2) is 9.13 Å². The molecule has 3 heterocycles. The first-order chi connectivity index (χ1) is 27.0. The number of aryl methyl sites for hydroxylation is 1. The number of hydrogen-bond donors (Lipinski definition) is 0. The molecule has 0 radical (unpaired) electrons. The van der Waals surface area contributed by atoms with E-state index in [0.29, 0.717) is 5.92 Å². The van der Waals surface area contributed by atoms with Crippen molar-refractivity contribution in [1.82, 2.24) is 9.13 Å². The van der Waals surface area contributed by atoms with Crippen LogP contribution in [0.1, 0.15) is 30.9 Å². The largest absolute Gasteiger partial charge is 0.309 e. The number of hydrogen-bond acceptors (Lipinski definition) is 1. The molecule has 262 valence electrons. The van der Waals surface area contributed by atoms with E-state index in [2.05, 4.69) is 200 Å². The fraction of sp³-hybridized carbons (Fsp3) is 0.0769. The monoisotopic (exact) mass is 722 g/mol. The van der Waals surface area contributed by atoms with E-state index in [1.54, 1.807) is 0 Å². The molecule has 0 aliphatic rings. The molecule has 0 bridgehead atoms. The standard InChI is InChI=1S/C52H38N2S/c1-32(2)42-31-36(25-26-38(42)37-14-5-4-13-33(37)3)53-45-18-9-6-15-39(45)43-29-34(23-27-47(43)53)35-24-28-48-44(30-35)40-16-7-10-19-46(40)54(48)49-20-12-22-51-52(49)41-17-8-11-21-50(41)55-51/h4-32H,1-3H3. The van der Waals surface area contributed by atoms with Crippen LogP contribution in [0.2, 0.25) is 0 Å². The van der Waals surface area contributed by atoms with E-state index < -0.39 is 0 Å². The van der Waals surface area contributed by atoms with Crippen LogP contribution >= 0.6 is 11.3 Å². The molecule has 0 atom stereocenters. The Kier molecular flexibility index (Phi) is 7.17. The molecule has 3 heteroatoms. The van der Waals surface area contributed by atoms with Crippen LogP contribution in [0.5, 0.6) is 0 Å². The van der Waals surface area contributed by atoms with Gasteiger partial charge in [-0.25, -0.2) is 0 Å². The molecular weight excluding hydrogens is 685 g/mol. The quantitative estimate of drug-likeness (QED) is 0.167. The minimum atomic E-state index is 0.382. The van der Waals surface area contributed by atoms with Gasteiger partial charge in [-0.1, -0.05) is 117 Å². The summed E-state index contributed by atoms with van der Waals surface area (Å²) in [5.74, 6) is 0.382. The zero-order valence-electron chi connectivity index (χ0n) is 31.0. The van der Waals surface area contributed by atoms with Crippen molar-refractivity contribution in [3.63, 3.8) is 0 Å². The second-order valence-corrected chi connectivity index (χ2v) is 16.2. The van der Waals surface area contributed by atoms with Crippen molar-refractivity contribution < 1.29 is 0 Å². The van der Waals surface area contributed by atoms with Crippen molar-refractivity contribution >= 4 is 75.1 Å². The number of thiophene rings is 1. The van der Waals surface area contributed by atoms with Gasteiger partial charge in [-0.15, -0.1) is 11.3 Å². The third kappa shape index (κ3) is 4.86. The van der Waals surface area contributed by atoms with E-state index in [-0.39, 0.29) is 0 Å². The minimum absolute atomic E-state index is 0.382. The predicted molar refractivity (Wildman–Crippen MR) is 238 cm³/mol. The lowest BCUT2D eigenvalue weighted by molar-refractivity contribution is 0.866. The van der Waals surface area contributed by atoms with E-state index in [9.17, 15) is 0 Å². The van der Waals surface area contributed by atoms with E-state index in [4.69, 9.17) is 0 Å². The molecule has 11 rings (SSSR count). The Balaban J connectivity index is 1.08. The van der Waals surface area contributed by atoms with Crippen LogP contribution < -0.4 is 0 Å². The molecule has 3 aromatic heterocycles. The van der Waals surface area contributed by atoms with Crippen LogP contribution in [0.25, 0.3) is 97.4 Å². The number of fused-ring (bicyclic) bond motifs is 9. The zero-order valence-corrected chi connectivity index (χ0v) is 31.9. The van der Waals surface area contributed by atoms with E-state index >= 15 is 0 Å². The van der Waals surface area contributed by atoms with Gasteiger partial charge in [0.2, 0.25) is 0 Å². The SMILES string of the molecule is Cc1ccccc1-c1ccc(-n2c3ccccc3c3cc(-c4ccc5c(c4)c4ccccc4n5-c4cccc5sc6ccccc6c45)ccc32)cc1C(C)C. The molecule has 0 N–H and O–H groups in total. The highest BCUT2D eigenvalue weighted by Gasteiger charge is 2.19. The van der Waals surface area contributed by atoms with E-state index in [1.807, 2.05) is 11.3 Å². The summed E-state index contributed by atoms with van der Waals surface area (Å²) in [6.45, 7) is 6.82. The summed E-state index contributed by atoms with van der Waals surface area (Å²) in [5, 5.41) is 7.70. The van der Waals surface area contributed by atoms with Crippen molar-refractivity contribution in [1.29, 1.82) is 0 Å². The molecule has 0 spiro atoms. The highest BCUT2D eigenvalue weighted by atomic mass is 32.1. The Morgan fingerprint density at radius 3 is 1.73 bits per heavy atom. The lowest BCUT2D eigenvalue weighted by atomic mass is 9.90. The summed E-state index contributed by atoms with van der Waals surface area (Å²) < 4.78 is 7.57. The number of benzene rings is 8. The lowest BCUT2D eigenvalue weighted by Gasteiger charge is -2.18. The molecule has 2 nitrogen and oxygen atoms in total. The Morgan fingerprint density at radius 2 is 1.02 bits per heavy atom. The van der Waals surface area contributed by atoms with Gasteiger partial charge in [0.1, 0.15) is 0 Å². The number of aromatic nitrogens is 2. The van der Waals surface area contributed by atoms with Crippen molar-refractivity contribution in [2.75, 3.05) is 0 Å². The van der Waals surface area contributed by atoms with Crippen LogP contribution in [-0.2, 0) is 0 Å². The Hall–Kier alpha value is -6.42. The van der Waals surface area contributed by atoms with Gasteiger partial charge in [0, 0.05) is 47.4 Å². The molecule has 0 aliphatic carbocycles. The molecule has 0 saturated carbocycles. The zero-order chi connectivity index (χ0) is 36.8. The first-order valence-corrected chi connectivity index (χ1v) is 20.0. The molecule has 0 fully saturated rings. The number of nitrogens with zero attached hydrogens (tertiary/aromatic N) is 2. The maximum atomic E-state index is 2.47. The highest BCUT2D eigenvalue weighted by Crippen LogP contribution is 2.43. The number of para-hydroxylation sites is 2. The summed E-state index contributed by atoms with van der Waals surface area (Å²) in [7, 11) is 0. The smallest absolute Gasteiger partial charge is 0.0555 e. The number of rotatable bonds is 5. The fourth-order valence-electron chi connectivity index (χ4n) is 9.07. The third-order valence-corrected chi connectivity index (χ3v) is 12.8. The lowest BCUT2D eigenvalue weighted by Crippen LogP contribution is -1.99. The van der Waals surface area contributed by atoms with Gasteiger partial charge < -0.3 is 9.13 Å². The molecule has 0 saturated heterocycles. The van der Waals surface area contributed by atoms with Crippen molar-refractivity contribution in [3.8, 4) is 33.6 Å². The molecule has 0 aliphatic heterocycles. The maximum Gasteiger partial charge on any atom is 0.0555 e. The molecule has 55 heavy (non-hydrogen) atoms. The summed E-state index contributed by atoms with van der Waals surface area (Å²) in [5.41, 5.74) is 15.1. The van der Waals surface area contributed by atoms with Crippen molar-refractivity contribution in [3.05, 3.63) is 181 Å². The van der Waals surface area contributed by atoms with Crippen LogP contribution in [0, 0.1) is 6.92 Å². The second kappa shape index (κ2) is 12.3. The third-order valence-electron chi connectivity index (χ3n) is 11.7.